The van der Waals surface area contributed by atoms with E-state index in [2.05, 4.69) is 24.9 Å². The Bertz CT molecular complexity index is 2690. The van der Waals surface area contributed by atoms with Crippen LogP contribution in [0.4, 0.5) is 24.9 Å². The van der Waals surface area contributed by atoms with Gasteiger partial charge < -0.3 is 19.5 Å². The Balaban J connectivity index is 0.00000187. The largest absolute Gasteiger partial charge is 0.491 e. The molecule has 5 aromatic rings. The highest BCUT2D eigenvalue weighted by Crippen LogP contribution is 2.34. The number of carbonyl (C=O) groups excluding carboxylic acids is 4. The van der Waals surface area contributed by atoms with Gasteiger partial charge in [-0.3, -0.25) is 33.9 Å². The molecular formula is C42H46F3N7O7S. The number of rotatable bonds is 11. The second-order valence-corrected chi connectivity index (χ2v) is 17.2. The summed E-state index contributed by atoms with van der Waals surface area (Å²) in [7, 11) is -4.13. The fraction of sp³-hybridized carbons (Fsp3) is 0.310. The number of aromatic nitrogens is 2. The summed E-state index contributed by atoms with van der Waals surface area (Å²) in [6.45, 7) is 3.94. The topological polar surface area (TPSA) is 174 Å². The normalized spacial score (nSPS) is 20.4. The van der Waals surface area contributed by atoms with Crippen LogP contribution in [-0.4, -0.2) is 89.4 Å². The first-order chi connectivity index (χ1) is 28.3. The van der Waals surface area contributed by atoms with Crippen LogP contribution in [0.2, 0.25) is 0 Å². The first kappa shape index (κ1) is 40.5. The van der Waals surface area contributed by atoms with Gasteiger partial charge in [0.15, 0.2) is 5.82 Å². The van der Waals surface area contributed by atoms with Crippen molar-refractivity contribution in [2.24, 2.45) is 5.92 Å². The zero-order valence-electron chi connectivity index (χ0n) is 32.2. The molecule has 9 rings (SSSR count). The Morgan fingerprint density at radius 1 is 0.983 bits per heavy atom. The van der Waals surface area contributed by atoms with Crippen LogP contribution in [0.15, 0.2) is 73.1 Å². The van der Waals surface area contributed by atoms with Crippen molar-refractivity contribution in [1.82, 2.24) is 24.5 Å². The summed E-state index contributed by atoms with van der Waals surface area (Å²) in [6, 6.07) is 16.0. The molecule has 3 aromatic carbocycles. The molecule has 4 aliphatic rings. The lowest BCUT2D eigenvalue weighted by atomic mass is 9.99. The molecule has 3 fully saturated rings. The maximum atomic E-state index is 15.8. The van der Waals surface area contributed by atoms with Gasteiger partial charge in [0.2, 0.25) is 17.6 Å². The number of amides is 3. The van der Waals surface area contributed by atoms with Crippen molar-refractivity contribution >= 4 is 56.1 Å². The van der Waals surface area contributed by atoms with Crippen LogP contribution in [0, 0.1) is 17.6 Å². The minimum atomic E-state index is -4.13. The third kappa shape index (κ3) is 7.33. The molecule has 2 aromatic heterocycles. The highest BCUT2D eigenvalue weighted by Gasteiger charge is 2.39. The molecule has 14 nitrogen and oxygen atoms in total. The standard InChI is InChI=1S/C42H39F2N7O7S.FH.3H2/c1-23-12-14-49(20-23)59(56,57)48-34-9-8-33(43)37(38(34)44)39(53)32-19-46-40-31(32)17-25(18-45-40)24-2-4-27(5-3-24)50-15-13-28(50)22-58-29-6-7-30-26(16-29)21-51(42(30)55)35-10-11-36(52)47-41(35)54;;;;/h2-9,16-19,23,28,35,48H,10-15,20-22H2,1H3,(H,45,46)(H,47,52,54);4*1H/t23-,28+,35?;;;;/m1..../s1. The second-order valence-electron chi connectivity index (χ2n) is 15.5. The highest BCUT2D eigenvalue weighted by atomic mass is 32.2. The summed E-state index contributed by atoms with van der Waals surface area (Å²) in [5, 5.41) is 2.66. The lowest BCUT2D eigenvalue weighted by Crippen LogP contribution is -2.52. The Morgan fingerprint density at radius 2 is 1.78 bits per heavy atom. The molecule has 0 spiro atoms. The molecule has 60 heavy (non-hydrogen) atoms. The first-order valence-electron chi connectivity index (χ1n) is 19.4. The minimum absolute atomic E-state index is 0. The van der Waals surface area contributed by atoms with E-state index in [0.717, 1.165) is 41.9 Å². The average molecular weight is 850 g/mol. The quantitative estimate of drug-likeness (QED) is 0.106. The summed E-state index contributed by atoms with van der Waals surface area (Å²) < 4.78 is 66.4. The van der Waals surface area contributed by atoms with Gasteiger partial charge in [0.1, 0.15) is 29.9 Å². The van der Waals surface area contributed by atoms with Crippen molar-refractivity contribution in [3.63, 3.8) is 0 Å². The lowest BCUT2D eigenvalue weighted by Gasteiger charge is -2.42. The molecule has 0 radical (unpaired) electrons. The van der Waals surface area contributed by atoms with E-state index in [0.29, 0.717) is 47.4 Å². The molecule has 1 unspecified atom stereocenters. The molecule has 0 bridgehead atoms. The fourth-order valence-electron chi connectivity index (χ4n) is 8.27. The number of aromatic amines is 1. The van der Waals surface area contributed by atoms with Crippen molar-refractivity contribution in [2.75, 3.05) is 35.9 Å². The van der Waals surface area contributed by atoms with Crippen LogP contribution in [0.5, 0.6) is 5.75 Å². The summed E-state index contributed by atoms with van der Waals surface area (Å²) in [6.07, 6.45) is 5.02. The van der Waals surface area contributed by atoms with E-state index in [4.69, 9.17) is 4.74 Å². The van der Waals surface area contributed by atoms with E-state index >= 15 is 8.78 Å². The number of ether oxygens (including phenoxy) is 1. The van der Waals surface area contributed by atoms with E-state index in [9.17, 15) is 27.6 Å². The number of anilines is 2. The van der Waals surface area contributed by atoms with Crippen LogP contribution in [-0.2, 0) is 26.3 Å². The van der Waals surface area contributed by atoms with E-state index in [1.165, 1.54) is 15.4 Å². The number of carbonyl (C=O) groups is 4. The summed E-state index contributed by atoms with van der Waals surface area (Å²) in [5.74, 6) is -3.67. The molecule has 4 aliphatic heterocycles. The molecule has 18 heteroatoms. The molecule has 3 N–H and O–H groups in total. The molecular weight excluding hydrogens is 804 g/mol. The molecule has 3 atom stereocenters. The third-order valence-corrected chi connectivity index (χ3v) is 13.2. The molecule has 318 valence electrons. The van der Waals surface area contributed by atoms with E-state index < -0.39 is 50.8 Å². The number of fused-ring (bicyclic) bond motifs is 2. The number of halogens is 3. The van der Waals surface area contributed by atoms with Gasteiger partial charge in [-0.25, -0.2) is 13.8 Å². The van der Waals surface area contributed by atoms with Crippen LogP contribution >= 0.6 is 0 Å². The number of benzene rings is 3. The Morgan fingerprint density at radius 3 is 2.50 bits per heavy atom. The molecule has 0 aliphatic carbocycles. The molecule has 3 amide bonds. The zero-order chi connectivity index (χ0) is 41.2. The molecule has 0 saturated carbocycles. The Kier molecular flexibility index (Phi) is 10.6. The third-order valence-electron chi connectivity index (χ3n) is 11.7. The smallest absolute Gasteiger partial charge is 0.301 e. The van der Waals surface area contributed by atoms with Gasteiger partial charge in [0.05, 0.1) is 17.3 Å². The highest BCUT2D eigenvalue weighted by molar-refractivity contribution is 7.90. The monoisotopic (exact) mass is 849 g/mol. The van der Waals surface area contributed by atoms with Gasteiger partial charge in [-0.1, -0.05) is 19.1 Å². The SMILES string of the molecule is C[C@@H]1CCN(S(=O)(=O)Nc2ccc(F)c(C(=O)c3c[nH]c4ncc(-c5ccc(N6CC[C@H]6COc6ccc7c(c6)CN(C6CCC(=O)NC6=O)C7=O)cc5)cc34)c2F)C1.F.[HH].[HH].[HH]. The number of piperidine rings is 1. The van der Waals surface area contributed by atoms with E-state index in [1.54, 1.807) is 24.4 Å². The van der Waals surface area contributed by atoms with Crippen LogP contribution in [0.1, 0.15) is 68.7 Å². The van der Waals surface area contributed by atoms with Crippen molar-refractivity contribution in [3.05, 3.63) is 107 Å². The Hall–Kier alpha value is -6.27. The second kappa shape index (κ2) is 15.7. The zero-order valence-corrected chi connectivity index (χ0v) is 33.1. The number of ketones is 1. The van der Waals surface area contributed by atoms with Crippen LogP contribution in [0.25, 0.3) is 22.2 Å². The number of pyridine rings is 1. The van der Waals surface area contributed by atoms with Gasteiger partial charge in [-0.15, -0.1) is 0 Å². The maximum absolute atomic E-state index is 15.8. The summed E-state index contributed by atoms with van der Waals surface area (Å²) >= 11 is 0. The predicted octanol–water partition coefficient (Wildman–Crippen LogP) is 6.05. The van der Waals surface area contributed by atoms with Crippen molar-refractivity contribution in [3.8, 4) is 16.9 Å². The molecule has 3 saturated heterocycles. The fourth-order valence-corrected chi connectivity index (χ4v) is 9.63. The number of imide groups is 1. The number of H-pyrrole nitrogens is 1. The van der Waals surface area contributed by atoms with Gasteiger partial charge in [-0.2, -0.15) is 12.7 Å². The summed E-state index contributed by atoms with van der Waals surface area (Å²) in [4.78, 5) is 61.9. The lowest BCUT2D eigenvalue weighted by molar-refractivity contribution is -0.136. The predicted molar refractivity (Wildman–Crippen MR) is 222 cm³/mol. The Labute approximate surface area is 346 Å². The van der Waals surface area contributed by atoms with Crippen molar-refractivity contribution < 1.29 is 50.1 Å². The van der Waals surface area contributed by atoms with E-state index in [1.807, 2.05) is 37.3 Å². The number of nitrogens with one attached hydrogen (secondary N) is 3. The van der Waals surface area contributed by atoms with E-state index in [-0.39, 0.29) is 64.4 Å². The maximum Gasteiger partial charge on any atom is 0.301 e. The van der Waals surface area contributed by atoms with Crippen molar-refractivity contribution in [2.45, 2.75) is 51.2 Å². The first-order valence-corrected chi connectivity index (χ1v) is 20.8. The van der Waals surface area contributed by atoms with Crippen molar-refractivity contribution in [1.29, 1.82) is 0 Å². The number of hydrogen-bond acceptors (Lipinski definition) is 9. The van der Waals surface area contributed by atoms with Crippen LogP contribution < -0.4 is 19.7 Å². The van der Waals surface area contributed by atoms with Crippen LogP contribution in [0.3, 0.4) is 0 Å². The average Bonchev–Trinajstić information content (AvgIpc) is 3.93. The number of hydrogen-bond donors (Lipinski definition) is 3. The number of nitrogens with zero attached hydrogens (tertiary/aromatic N) is 4. The van der Waals surface area contributed by atoms with Gasteiger partial charge in [-0.05, 0) is 84.8 Å². The summed E-state index contributed by atoms with van der Waals surface area (Å²) in [5.41, 5.74) is 2.61. The minimum Gasteiger partial charge on any atom is -0.491 e. The van der Waals surface area contributed by atoms with Gasteiger partial charge in [0, 0.05) is 77.0 Å². The van der Waals surface area contributed by atoms with Gasteiger partial charge in [0.25, 0.3) is 5.91 Å². The molecule has 6 heterocycles. The van der Waals surface area contributed by atoms with Gasteiger partial charge >= 0.3 is 10.2 Å².